The molecule has 6 nitrogen and oxygen atoms in total. The molecule has 1 saturated heterocycles. The molecule has 0 amide bonds. The van der Waals surface area contributed by atoms with E-state index in [0.717, 1.165) is 12.1 Å². The molecule has 0 bridgehead atoms. The van der Waals surface area contributed by atoms with Crippen LogP contribution < -0.4 is 9.47 Å². The highest BCUT2D eigenvalue weighted by Crippen LogP contribution is 2.30. The zero-order valence-electron chi connectivity index (χ0n) is 16.2. The minimum Gasteiger partial charge on any atom is -0.493 e. The quantitative estimate of drug-likeness (QED) is 0.713. The van der Waals surface area contributed by atoms with Crippen molar-refractivity contribution in [1.82, 2.24) is 9.21 Å². The largest absolute Gasteiger partial charge is 0.493 e. The lowest BCUT2D eigenvalue weighted by Gasteiger charge is -2.33. The van der Waals surface area contributed by atoms with Gasteiger partial charge in [-0.25, -0.2) is 8.42 Å². The Bertz CT molecular complexity index is 905. The minimum atomic E-state index is -3.55. The molecule has 0 radical (unpaired) electrons. The Hall–Kier alpha value is -2.35. The highest BCUT2D eigenvalue weighted by molar-refractivity contribution is 7.89. The van der Waals surface area contributed by atoms with Crippen molar-refractivity contribution in [1.29, 1.82) is 0 Å². The first kappa shape index (κ1) is 20.4. The number of methoxy groups -OCH3 is 2. The van der Waals surface area contributed by atoms with Gasteiger partial charge in [0.05, 0.1) is 19.1 Å². The third-order valence-corrected chi connectivity index (χ3v) is 6.69. The summed E-state index contributed by atoms with van der Waals surface area (Å²) < 4.78 is 37.9. The number of sulfonamides is 1. The van der Waals surface area contributed by atoms with Crippen LogP contribution in [-0.2, 0) is 10.0 Å². The molecular weight excluding hydrogens is 376 g/mol. The van der Waals surface area contributed by atoms with E-state index in [1.54, 1.807) is 12.1 Å². The van der Waals surface area contributed by atoms with Gasteiger partial charge < -0.3 is 9.47 Å². The van der Waals surface area contributed by atoms with Crippen molar-refractivity contribution in [2.45, 2.75) is 4.90 Å². The monoisotopic (exact) mass is 402 g/mol. The summed E-state index contributed by atoms with van der Waals surface area (Å²) >= 11 is 0. The van der Waals surface area contributed by atoms with E-state index in [2.05, 4.69) is 29.2 Å². The number of ether oxygens (including phenoxy) is 2. The van der Waals surface area contributed by atoms with Crippen molar-refractivity contribution in [3.63, 3.8) is 0 Å². The summed E-state index contributed by atoms with van der Waals surface area (Å²) in [6.07, 6.45) is 4.21. The fourth-order valence-corrected chi connectivity index (χ4v) is 4.62. The van der Waals surface area contributed by atoms with E-state index in [1.165, 1.54) is 24.6 Å². The first-order valence-corrected chi connectivity index (χ1v) is 10.6. The van der Waals surface area contributed by atoms with Gasteiger partial charge in [0.25, 0.3) is 0 Å². The van der Waals surface area contributed by atoms with Crippen LogP contribution in [0.2, 0.25) is 0 Å². The molecule has 1 aliphatic heterocycles. The van der Waals surface area contributed by atoms with E-state index < -0.39 is 10.0 Å². The van der Waals surface area contributed by atoms with Gasteiger partial charge in [0, 0.05) is 38.8 Å². The van der Waals surface area contributed by atoms with E-state index in [-0.39, 0.29) is 4.90 Å². The van der Waals surface area contributed by atoms with E-state index >= 15 is 0 Å². The minimum absolute atomic E-state index is 0.225. The average Bonchev–Trinajstić information content (AvgIpc) is 2.74. The van der Waals surface area contributed by atoms with Crippen molar-refractivity contribution in [3.05, 3.63) is 60.2 Å². The number of benzene rings is 2. The third-order valence-electron chi connectivity index (χ3n) is 4.80. The number of nitrogens with zero attached hydrogens (tertiary/aromatic N) is 2. The van der Waals surface area contributed by atoms with E-state index in [4.69, 9.17) is 9.47 Å². The third kappa shape index (κ3) is 4.73. The molecule has 0 unspecified atom stereocenters. The van der Waals surface area contributed by atoms with Crippen molar-refractivity contribution in [3.8, 4) is 11.5 Å². The second kappa shape index (κ2) is 9.23. The first-order valence-electron chi connectivity index (χ1n) is 9.20. The van der Waals surface area contributed by atoms with Crippen LogP contribution in [0, 0.1) is 0 Å². The maximum absolute atomic E-state index is 13.0. The number of piperazine rings is 1. The van der Waals surface area contributed by atoms with Crippen LogP contribution in [-0.4, -0.2) is 64.6 Å². The lowest BCUT2D eigenvalue weighted by atomic mass is 10.2. The smallest absolute Gasteiger partial charge is 0.243 e. The number of hydrogen-bond acceptors (Lipinski definition) is 5. The van der Waals surface area contributed by atoms with Crippen LogP contribution in [0.25, 0.3) is 6.08 Å². The molecule has 1 heterocycles. The molecule has 7 heteroatoms. The Morgan fingerprint density at radius 2 is 1.61 bits per heavy atom. The Kier molecular flexibility index (Phi) is 6.72. The molecule has 0 spiro atoms. The molecule has 3 rings (SSSR count). The van der Waals surface area contributed by atoms with E-state index in [0.29, 0.717) is 37.7 Å². The Balaban J connectivity index is 1.60. The Labute approximate surface area is 167 Å². The predicted molar refractivity (Wildman–Crippen MR) is 110 cm³/mol. The van der Waals surface area contributed by atoms with Crippen LogP contribution in [0.1, 0.15) is 5.56 Å². The molecule has 0 saturated carbocycles. The lowest BCUT2D eigenvalue weighted by Crippen LogP contribution is -2.48. The molecule has 0 aliphatic carbocycles. The zero-order valence-corrected chi connectivity index (χ0v) is 17.1. The van der Waals surface area contributed by atoms with Crippen LogP contribution in [0.5, 0.6) is 11.5 Å². The van der Waals surface area contributed by atoms with Gasteiger partial charge in [0.15, 0.2) is 11.5 Å². The van der Waals surface area contributed by atoms with Gasteiger partial charge in [-0.05, 0) is 17.7 Å². The molecular formula is C21H26N2O4S. The second-order valence-electron chi connectivity index (χ2n) is 6.53. The Morgan fingerprint density at radius 3 is 2.25 bits per heavy atom. The van der Waals surface area contributed by atoms with Gasteiger partial charge in [0.2, 0.25) is 10.0 Å². The highest BCUT2D eigenvalue weighted by Gasteiger charge is 2.28. The summed E-state index contributed by atoms with van der Waals surface area (Å²) in [4.78, 5) is 2.47. The molecule has 2 aromatic rings. The van der Waals surface area contributed by atoms with Crippen LogP contribution in [0.3, 0.4) is 0 Å². The van der Waals surface area contributed by atoms with Gasteiger partial charge in [-0.3, -0.25) is 4.90 Å². The topological polar surface area (TPSA) is 59.1 Å². The first-order chi connectivity index (χ1) is 13.5. The second-order valence-corrected chi connectivity index (χ2v) is 8.47. The molecule has 0 aromatic heterocycles. The number of hydrogen-bond donors (Lipinski definition) is 0. The van der Waals surface area contributed by atoms with E-state index in [9.17, 15) is 8.42 Å². The van der Waals surface area contributed by atoms with Crippen molar-refractivity contribution in [2.24, 2.45) is 0 Å². The fraction of sp³-hybridized carbons (Fsp3) is 0.333. The van der Waals surface area contributed by atoms with Crippen LogP contribution in [0.4, 0.5) is 0 Å². The van der Waals surface area contributed by atoms with Gasteiger partial charge in [-0.2, -0.15) is 4.31 Å². The van der Waals surface area contributed by atoms with Gasteiger partial charge in [0.1, 0.15) is 0 Å². The molecule has 0 atom stereocenters. The van der Waals surface area contributed by atoms with Crippen molar-refractivity contribution < 1.29 is 17.9 Å². The highest BCUT2D eigenvalue weighted by atomic mass is 32.2. The molecule has 0 N–H and O–H groups in total. The molecule has 150 valence electrons. The average molecular weight is 403 g/mol. The molecule has 28 heavy (non-hydrogen) atoms. The molecule has 1 fully saturated rings. The summed E-state index contributed by atoms with van der Waals surface area (Å²) in [7, 11) is -0.532. The molecule has 2 aromatic carbocycles. The summed E-state index contributed by atoms with van der Waals surface area (Å²) in [6.45, 7) is 3.14. The summed E-state index contributed by atoms with van der Waals surface area (Å²) in [5.41, 5.74) is 1.16. The zero-order chi connectivity index (χ0) is 20.0. The molecule has 1 aliphatic rings. The SMILES string of the molecule is COc1ccc(S(=O)(=O)N2CCN(CC=Cc3ccccc3)CC2)cc1OC. The number of rotatable bonds is 7. The van der Waals surface area contributed by atoms with Crippen LogP contribution in [0.15, 0.2) is 59.5 Å². The van der Waals surface area contributed by atoms with Gasteiger partial charge in [-0.15, -0.1) is 0 Å². The van der Waals surface area contributed by atoms with Gasteiger partial charge >= 0.3 is 0 Å². The fourth-order valence-electron chi connectivity index (χ4n) is 3.18. The normalized spacial score (nSPS) is 16.4. The lowest BCUT2D eigenvalue weighted by molar-refractivity contribution is 0.204. The van der Waals surface area contributed by atoms with Gasteiger partial charge in [-0.1, -0.05) is 42.5 Å². The Morgan fingerprint density at radius 1 is 0.929 bits per heavy atom. The van der Waals surface area contributed by atoms with Crippen molar-refractivity contribution in [2.75, 3.05) is 46.9 Å². The summed E-state index contributed by atoms with van der Waals surface area (Å²) in [6, 6.07) is 14.8. The maximum atomic E-state index is 13.0. The summed E-state index contributed by atoms with van der Waals surface area (Å²) in [5.74, 6) is 0.921. The predicted octanol–water partition coefficient (Wildman–Crippen LogP) is 2.72. The van der Waals surface area contributed by atoms with E-state index in [1.807, 2.05) is 18.2 Å². The maximum Gasteiger partial charge on any atom is 0.243 e. The van der Waals surface area contributed by atoms with Crippen LogP contribution >= 0.6 is 0 Å². The standard InChI is InChI=1S/C21H26N2O4S/c1-26-20-11-10-19(17-21(20)27-2)28(24,25)23-15-13-22(14-16-23)12-6-9-18-7-4-3-5-8-18/h3-11,17H,12-16H2,1-2H3. The summed E-state index contributed by atoms with van der Waals surface area (Å²) in [5, 5.41) is 0. The van der Waals surface area contributed by atoms with Crippen molar-refractivity contribution >= 4 is 16.1 Å².